The first-order valence-electron chi connectivity index (χ1n) is 11.2. The predicted octanol–water partition coefficient (Wildman–Crippen LogP) is 2.20. The van der Waals surface area contributed by atoms with Crippen LogP contribution in [-0.2, 0) is 4.74 Å². The molecular formula is C21H43IN6O2. The molecule has 1 atom stereocenters. The fourth-order valence-corrected chi connectivity index (χ4v) is 3.97. The van der Waals surface area contributed by atoms with E-state index in [1.165, 1.54) is 19.4 Å². The molecular weight excluding hydrogens is 495 g/mol. The zero-order valence-corrected chi connectivity index (χ0v) is 21.9. The molecule has 2 aliphatic rings. The fourth-order valence-electron chi connectivity index (χ4n) is 3.97. The minimum atomic E-state index is -0.431. The second kappa shape index (κ2) is 13.6. The highest BCUT2D eigenvalue weighted by atomic mass is 127. The van der Waals surface area contributed by atoms with Crippen molar-refractivity contribution in [2.45, 2.75) is 58.6 Å². The summed E-state index contributed by atoms with van der Waals surface area (Å²) in [6.07, 6.45) is 3.43. The first kappa shape index (κ1) is 27.2. The number of nitrogens with one attached hydrogen (secondary N) is 2. The van der Waals surface area contributed by atoms with E-state index < -0.39 is 5.60 Å². The van der Waals surface area contributed by atoms with E-state index in [4.69, 9.17) is 4.74 Å². The van der Waals surface area contributed by atoms with Crippen molar-refractivity contribution in [2.24, 2.45) is 4.99 Å². The van der Waals surface area contributed by atoms with E-state index in [-0.39, 0.29) is 30.1 Å². The molecule has 0 bridgehead atoms. The lowest BCUT2D eigenvalue weighted by atomic mass is 10.2. The SMILES string of the molecule is CCN1CCCC1CNC(=NC)NCCCN1CCN(C(=O)OC(C)(C)C)CC1.I. The van der Waals surface area contributed by atoms with Crippen molar-refractivity contribution >= 4 is 36.0 Å². The zero-order chi connectivity index (χ0) is 21.3. The Morgan fingerprint density at radius 2 is 1.83 bits per heavy atom. The van der Waals surface area contributed by atoms with Crippen LogP contribution in [0.2, 0.25) is 0 Å². The number of halogens is 1. The van der Waals surface area contributed by atoms with Crippen molar-refractivity contribution in [3.8, 4) is 0 Å². The van der Waals surface area contributed by atoms with Crippen molar-refractivity contribution in [1.29, 1.82) is 0 Å². The first-order chi connectivity index (χ1) is 13.8. The molecule has 0 aliphatic carbocycles. The smallest absolute Gasteiger partial charge is 0.410 e. The zero-order valence-electron chi connectivity index (χ0n) is 19.6. The molecule has 1 amide bonds. The van der Waals surface area contributed by atoms with Crippen LogP contribution in [0.4, 0.5) is 4.79 Å². The quantitative estimate of drug-likeness (QED) is 0.224. The standard InChI is InChI=1S/C21H42N6O2.HI/c1-6-26-12-7-9-18(26)17-24-19(22-5)23-10-8-11-25-13-15-27(16-14-25)20(28)29-21(2,3)4;/h18H,6-17H2,1-5H3,(H2,22,23,24);1H. The van der Waals surface area contributed by atoms with Gasteiger partial charge in [-0.2, -0.15) is 0 Å². The number of piperazine rings is 1. The highest BCUT2D eigenvalue weighted by molar-refractivity contribution is 14.0. The van der Waals surface area contributed by atoms with Gasteiger partial charge >= 0.3 is 6.09 Å². The number of hydrogen-bond donors (Lipinski definition) is 2. The summed E-state index contributed by atoms with van der Waals surface area (Å²) < 4.78 is 5.46. The van der Waals surface area contributed by atoms with Crippen molar-refractivity contribution < 1.29 is 9.53 Å². The molecule has 30 heavy (non-hydrogen) atoms. The number of likely N-dealkylation sites (tertiary alicyclic amines) is 1. The van der Waals surface area contributed by atoms with Gasteiger partial charge in [0, 0.05) is 52.4 Å². The normalized spacial score (nSPS) is 21.3. The molecule has 2 fully saturated rings. The number of ether oxygens (including phenoxy) is 1. The highest BCUT2D eigenvalue weighted by Gasteiger charge is 2.25. The minimum absolute atomic E-state index is 0. The minimum Gasteiger partial charge on any atom is -0.444 e. The molecule has 0 aromatic rings. The number of hydrogen-bond acceptors (Lipinski definition) is 5. The van der Waals surface area contributed by atoms with Gasteiger partial charge in [0.25, 0.3) is 0 Å². The fraction of sp³-hybridized carbons (Fsp3) is 0.905. The van der Waals surface area contributed by atoms with Crippen molar-refractivity contribution in [3.63, 3.8) is 0 Å². The predicted molar refractivity (Wildman–Crippen MR) is 134 cm³/mol. The van der Waals surface area contributed by atoms with Gasteiger partial charge in [0.05, 0.1) is 0 Å². The Balaban J connectivity index is 0.00000450. The molecule has 9 heteroatoms. The summed E-state index contributed by atoms with van der Waals surface area (Å²) in [5.74, 6) is 0.891. The van der Waals surface area contributed by atoms with Crippen molar-refractivity contribution in [3.05, 3.63) is 0 Å². The molecule has 2 rings (SSSR count). The lowest BCUT2D eigenvalue weighted by molar-refractivity contribution is 0.0145. The summed E-state index contributed by atoms with van der Waals surface area (Å²) in [4.78, 5) is 23.2. The maximum atomic E-state index is 12.1. The monoisotopic (exact) mass is 538 g/mol. The van der Waals surface area contributed by atoms with Gasteiger partial charge in [0.1, 0.15) is 5.60 Å². The first-order valence-corrected chi connectivity index (χ1v) is 11.2. The van der Waals surface area contributed by atoms with Crippen LogP contribution in [-0.4, -0.2) is 104 Å². The van der Waals surface area contributed by atoms with Crippen LogP contribution in [0.1, 0.15) is 47.0 Å². The van der Waals surface area contributed by atoms with Crippen LogP contribution < -0.4 is 10.6 Å². The molecule has 2 N–H and O–H groups in total. The van der Waals surface area contributed by atoms with Gasteiger partial charge in [0.2, 0.25) is 0 Å². The Kier molecular flexibility index (Phi) is 12.3. The topological polar surface area (TPSA) is 72.4 Å². The van der Waals surface area contributed by atoms with Crippen molar-refractivity contribution in [1.82, 2.24) is 25.3 Å². The Morgan fingerprint density at radius 1 is 1.13 bits per heavy atom. The van der Waals surface area contributed by atoms with E-state index >= 15 is 0 Å². The van der Waals surface area contributed by atoms with Crippen LogP contribution in [0.15, 0.2) is 4.99 Å². The second-order valence-corrected chi connectivity index (χ2v) is 8.97. The molecule has 0 saturated carbocycles. The van der Waals surface area contributed by atoms with Crippen molar-refractivity contribution in [2.75, 3.05) is 66.0 Å². The summed E-state index contributed by atoms with van der Waals surface area (Å²) in [5, 5.41) is 6.90. The molecule has 0 spiro atoms. The number of nitrogens with zero attached hydrogens (tertiary/aromatic N) is 4. The van der Waals surface area contributed by atoms with Gasteiger partial charge in [-0.25, -0.2) is 4.79 Å². The average Bonchev–Trinajstić information content (AvgIpc) is 3.14. The summed E-state index contributed by atoms with van der Waals surface area (Å²) in [6, 6.07) is 0.625. The van der Waals surface area contributed by atoms with Crippen LogP contribution in [0.5, 0.6) is 0 Å². The third-order valence-corrected chi connectivity index (χ3v) is 5.60. The number of aliphatic imine (C=N–C) groups is 1. The van der Waals surface area contributed by atoms with Gasteiger partial charge in [-0.05, 0) is 59.7 Å². The van der Waals surface area contributed by atoms with E-state index in [1.54, 1.807) is 0 Å². The third kappa shape index (κ3) is 9.55. The van der Waals surface area contributed by atoms with Gasteiger partial charge < -0.3 is 20.3 Å². The van der Waals surface area contributed by atoms with Crippen LogP contribution >= 0.6 is 24.0 Å². The number of likely N-dealkylation sites (N-methyl/N-ethyl adjacent to an activating group) is 1. The Morgan fingerprint density at radius 3 is 2.43 bits per heavy atom. The van der Waals surface area contributed by atoms with Crippen LogP contribution in [0.3, 0.4) is 0 Å². The van der Waals surface area contributed by atoms with Crippen LogP contribution in [0, 0.1) is 0 Å². The number of amides is 1. The lowest BCUT2D eigenvalue weighted by Crippen LogP contribution is -2.50. The number of carbonyl (C=O) groups excluding carboxylic acids is 1. The number of guanidine groups is 1. The summed E-state index contributed by atoms with van der Waals surface area (Å²) >= 11 is 0. The van der Waals surface area contributed by atoms with Gasteiger partial charge in [-0.3, -0.25) is 14.8 Å². The van der Waals surface area contributed by atoms with Gasteiger partial charge in [0.15, 0.2) is 5.96 Å². The van der Waals surface area contributed by atoms with E-state index in [0.717, 1.165) is 64.7 Å². The second-order valence-electron chi connectivity index (χ2n) is 8.97. The highest BCUT2D eigenvalue weighted by Crippen LogP contribution is 2.15. The number of carbonyl (C=O) groups is 1. The molecule has 0 radical (unpaired) electrons. The summed E-state index contributed by atoms with van der Waals surface area (Å²) in [5.41, 5.74) is -0.431. The largest absolute Gasteiger partial charge is 0.444 e. The average molecular weight is 539 g/mol. The molecule has 8 nitrogen and oxygen atoms in total. The van der Waals surface area contributed by atoms with Gasteiger partial charge in [-0.1, -0.05) is 6.92 Å². The Labute approximate surface area is 200 Å². The molecule has 176 valence electrons. The van der Waals surface area contributed by atoms with E-state index in [1.807, 2.05) is 32.7 Å². The maximum absolute atomic E-state index is 12.1. The molecule has 2 heterocycles. The Bertz CT molecular complexity index is 532. The molecule has 1 unspecified atom stereocenters. The number of rotatable bonds is 7. The molecule has 0 aromatic carbocycles. The van der Waals surface area contributed by atoms with Crippen LogP contribution in [0.25, 0.3) is 0 Å². The molecule has 2 saturated heterocycles. The Hall–Kier alpha value is -0.810. The molecule has 0 aromatic heterocycles. The maximum Gasteiger partial charge on any atom is 0.410 e. The van der Waals surface area contributed by atoms with E-state index in [0.29, 0.717) is 6.04 Å². The third-order valence-electron chi connectivity index (χ3n) is 5.60. The van der Waals surface area contributed by atoms with Gasteiger partial charge in [-0.15, -0.1) is 24.0 Å². The van der Waals surface area contributed by atoms with E-state index in [9.17, 15) is 4.79 Å². The summed E-state index contributed by atoms with van der Waals surface area (Å²) in [6.45, 7) is 16.5. The van der Waals surface area contributed by atoms with E-state index in [2.05, 4.69) is 32.3 Å². The lowest BCUT2D eigenvalue weighted by Gasteiger charge is -2.35. The molecule has 2 aliphatic heterocycles. The summed E-state index contributed by atoms with van der Waals surface area (Å²) in [7, 11) is 1.83.